The third-order valence-corrected chi connectivity index (χ3v) is 3.81. The Labute approximate surface area is 141 Å². The monoisotopic (exact) mass is 323 g/mol. The van der Waals surface area contributed by atoms with E-state index in [1.54, 1.807) is 14.0 Å². The third kappa shape index (κ3) is 3.74. The van der Waals surface area contributed by atoms with Gasteiger partial charge in [0, 0.05) is 24.6 Å². The number of nitrogens with one attached hydrogen (secondary N) is 1. The minimum atomic E-state index is -0.0656. The SMILES string of the molecule is COc1ccc(N[C@@H](C)c2nnc(C)o2)cc1Cc1ccccc1. The Balaban J connectivity index is 1.80. The molecule has 3 aromatic rings. The number of aromatic nitrogens is 2. The average Bonchev–Trinajstić information content (AvgIpc) is 3.03. The average molecular weight is 323 g/mol. The van der Waals surface area contributed by atoms with E-state index in [-0.39, 0.29) is 6.04 Å². The van der Waals surface area contributed by atoms with Gasteiger partial charge in [0.1, 0.15) is 11.8 Å². The second kappa shape index (κ2) is 7.17. The van der Waals surface area contributed by atoms with Crippen molar-refractivity contribution in [3.63, 3.8) is 0 Å². The molecule has 0 spiro atoms. The lowest BCUT2D eigenvalue weighted by molar-refractivity contribution is 0.410. The van der Waals surface area contributed by atoms with E-state index in [2.05, 4.69) is 33.7 Å². The lowest BCUT2D eigenvalue weighted by Gasteiger charge is -2.15. The highest BCUT2D eigenvalue weighted by atomic mass is 16.5. The van der Waals surface area contributed by atoms with Gasteiger partial charge in [-0.2, -0.15) is 0 Å². The Hall–Kier alpha value is -2.82. The van der Waals surface area contributed by atoms with E-state index in [1.807, 2.05) is 37.3 Å². The summed E-state index contributed by atoms with van der Waals surface area (Å²) in [6, 6.07) is 16.3. The van der Waals surface area contributed by atoms with Gasteiger partial charge >= 0.3 is 0 Å². The van der Waals surface area contributed by atoms with E-state index in [0.717, 1.165) is 23.4 Å². The normalized spacial score (nSPS) is 12.0. The highest BCUT2D eigenvalue weighted by Crippen LogP contribution is 2.27. The Morgan fingerprint density at radius 3 is 2.58 bits per heavy atom. The maximum absolute atomic E-state index is 5.50. The standard InChI is InChI=1S/C19H21N3O2/c1-13(19-22-21-14(2)24-19)20-17-9-10-18(23-3)16(12-17)11-15-7-5-4-6-8-15/h4-10,12-13,20H,11H2,1-3H3/t13-/m0/s1. The van der Waals surface area contributed by atoms with Crippen LogP contribution in [0, 0.1) is 6.92 Å². The minimum absolute atomic E-state index is 0.0656. The van der Waals surface area contributed by atoms with Crippen LogP contribution in [0.25, 0.3) is 0 Å². The molecule has 3 rings (SSSR count). The first-order chi connectivity index (χ1) is 11.7. The first kappa shape index (κ1) is 16.1. The quantitative estimate of drug-likeness (QED) is 0.738. The lowest BCUT2D eigenvalue weighted by atomic mass is 10.0. The zero-order chi connectivity index (χ0) is 16.9. The fourth-order valence-electron chi connectivity index (χ4n) is 2.62. The highest BCUT2D eigenvalue weighted by molar-refractivity contribution is 5.53. The summed E-state index contributed by atoms with van der Waals surface area (Å²) >= 11 is 0. The van der Waals surface area contributed by atoms with E-state index in [4.69, 9.17) is 9.15 Å². The maximum Gasteiger partial charge on any atom is 0.238 e. The van der Waals surface area contributed by atoms with Gasteiger partial charge in [-0.25, -0.2) is 0 Å². The van der Waals surface area contributed by atoms with Crippen molar-refractivity contribution in [3.05, 3.63) is 71.4 Å². The molecule has 1 atom stereocenters. The number of anilines is 1. The molecule has 124 valence electrons. The first-order valence-corrected chi connectivity index (χ1v) is 7.93. The molecule has 0 radical (unpaired) electrons. The van der Waals surface area contributed by atoms with Crippen LogP contribution >= 0.6 is 0 Å². The van der Waals surface area contributed by atoms with Gasteiger partial charge in [0.25, 0.3) is 0 Å². The number of nitrogens with zero attached hydrogens (tertiary/aromatic N) is 2. The number of rotatable bonds is 6. The van der Waals surface area contributed by atoms with Crippen molar-refractivity contribution in [2.75, 3.05) is 12.4 Å². The number of ether oxygens (including phenoxy) is 1. The lowest BCUT2D eigenvalue weighted by Crippen LogP contribution is -2.07. The van der Waals surface area contributed by atoms with Crippen LogP contribution < -0.4 is 10.1 Å². The second-order valence-electron chi connectivity index (χ2n) is 5.71. The summed E-state index contributed by atoms with van der Waals surface area (Å²) < 4.78 is 11.0. The molecular weight excluding hydrogens is 302 g/mol. The second-order valence-corrected chi connectivity index (χ2v) is 5.71. The summed E-state index contributed by atoms with van der Waals surface area (Å²) in [4.78, 5) is 0. The molecule has 0 bridgehead atoms. The van der Waals surface area contributed by atoms with Crippen LogP contribution in [0.1, 0.15) is 35.9 Å². The Morgan fingerprint density at radius 1 is 1.12 bits per heavy atom. The van der Waals surface area contributed by atoms with Crippen molar-refractivity contribution in [2.45, 2.75) is 26.3 Å². The van der Waals surface area contributed by atoms with E-state index < -0.39 is 0 Å². The molecule has 0 saturated heterocycles. The molecular formula is C19H21N3O2. The molecule has 5 heteroatoms. The van der Waals surface area contributed by atoms with Gasteiger partial charge in [0.2, 0.25) is 11.8 Å². The molecule has 5 nitrogen and oxygen atoms in total. The maximum atomic E-state index is 5.50. The van der Waals surface area contributed by atoms with Gasteiger partial charge in [0.05, 0.1) is 7.11 Å². The van der Waals surface area contributed by atoms with Crippen LogP contribution in [0.2, 0.25) is 0 Å². The molecule has 0 aliphatic carbocycles. The summed E-state index contributed by atoms with van der Waals surface area (Å²) in [6.07, 6.45) is 0.813. The topological polar surface area (TPSA) is 60.2 Å². The van der Waals surface area contributed by atoms with Crippen molar-refractivity contribution in [2.24, 2.45) is 0 Å². The largest absolute Gasteiger partial charge is 0.496 e. The van der Waals surface area contributed by atoms with Crippen molar-refractivity contribution in [3.8, 4) is 5.75 Å². The molecule has 24 heavy (non-hydrogen) atoms. The minimum Gasteiger partial charge on any atom is -0.496 e. The van der Waals surface area contributed by atoms with E-state index >= 15 is 0 Å². The van der Waals surface area contributed by atoms with Gasteiger partial charge in [0.15, 0.2) is 0 Å². The van der Waals surface area contributed by atoms with E-state index in [1.165, 1.54) is 5.56 Å². The van der Waals surface area contributed by atoms with E-state index in [9.17, 15) is 0 Å². The molecule has 0 aliphatic rings. The van der Waals surface area contributed by atoms with Gasteiger partial charge in [-0.1, -0.05) is 30.3 Å². The number of methoxy groups -OCH3 is 1. The molecule has 1 heterocycles. The highest BCUT2D eigenvalue weighted by Gasteiger charge is 2.13. The van der Waals surface area contributed by atoms with Crippen molar-refractivity contribution < 1.29 is 9.15 Å². The molecule has 1 aromatic heterocycles. The predicted octanol–water partition coefficient (Wildman–Crippen LogP) is 4.15. The zero-order valence-electron chi connectivity index (χ0n) is 14.1. The summed E-state index contributed by atoms with van der Waals surface area (Å²) in [5, 5.41) is 11.3. The van der Waals surface area contributed by atoms with Crippen LogP contribution in [0.15, 0.2) is 52.9 Å². The van der Waals surface area contributed by atoms with Crippen LogP contribution in [0.5, 0.6) is 5.75 Å². The molecule has 2 aromatic carbocycles. The van der Waals surface area contributed by atoms with Crippen molar-refractivity contribution in [1.29, 1.82) is 0 Å². The fourth-order valence-corrected chi connectivity index (χ4v) is 2.62. The summed E-state index contributed by atoms with van der Waals surface area (Å²) in [6.45, 7) is 3.78. The van der Waals surface area contributed by atoms with E-state index in [0.29, 0.717) is 11.8 Å². The van der Waals surface area contributed by atoms with Crippen LogP contribution in [0.3, 0.4) is 0 Å². The number of hydrogen-bond donors (Lipinski definition) is 1. The molecule has 0 fully saturated rings. The molecule has 0 saturated carbocycles. The summed E-state index contributed by atoms with van der Waals surface area (Å²) in [5.74, 6) is 2.02. The van der Waals surface area contributed by atoms with Gasteiger partial charge in [-0.3, -0.25) is 0 Å². The third-order valence-electron chi connectivity index (χ3n) is 3.81. The summed E-state index contributed by atoms with van der Waals surface area (Å²) in [7, 11) is 1.70. The van der Waals surface area contributed by atoms with Crippen LogP contribution in [-0.2, 0) is 6.42 Å². The first-order valence-electron chi connectivity index (χ1n) is 7.93. The molecule has 0 unspecified atom stereocenters. The number of benzene rings is 2. The molecule has 0 aliphatic heterocycles. The Morgan fingerprint density at radius 2 is 1.92 bits per heavy atom. The Bertz CT molecular complexity index is 799. The molecule has 0 amide bonds. The molecule has 1 N–H and O–H groups in total. The van der Waals surface area contributed by atoms with Crippen LogP contribution in [0.4, 0.5) is 5.69 Å². The van der Waals surface area contributed by atoms with Crippen LogP contribution in [-0.4, -0.2) is 17.3 Å². The van der Waals surface area contributed by atoms with Gasteiger partial charge in [-0.15, -0.1) is 10.2 Å². The summed E-state index contributed by atoms with van der Waals surface area (Å²) in [5.41, 5.74) is 3.36. The fraction of sp³-hybridized carbons (Fsp3) is 0.263. The predicted molar refractivity (Wildman–Crippen MR) is 93.3 cm³/mol. The smallest absolute Gasteiger partial charge is 0.238 e. The van der Waals surface area contributed by atoms with Crippen molar-refractivity contribution in [1.82, 2.24) is 10.2 Å². The zero-order valence-corrected chi connectivity index (χ0v) is 14.1. The van der Waals surface area contributed by atoms with Gasteiger partial charge in [-0.05, 0) is 30.7 Å². The number of aryl methyl sites for hydroxylation is 1. The Kier molecular flexibility index (Phi) is 4.79. The van der Waals surface area contributed by atoms with Gasteiger partial charge < -0.3 is 14.5 Å². The number of hydrogen-bond acceptors (Lipinski definition) is 5. The van der Waals surface area contributed by atoms with Crippen molar-refractivity contribution >= 4 is 5.69 Å².